The van der Waals surface area contributed by atoms with Crippen LogP contribution in [-0.4, -0.2) is 0 Å². The highest BCUT2D eigenvalue weighted by molar-refractivity contribution is 7.16. The van der Waals surface area contributed by atoms with Gasteiger partial charge in [-0.05, 0) is 24.3 Å². The van der Waals surface area contributed by atoms with E-state index in [2.05, 4.69) is 0 Å². The summed E-state index contributed by atoms with van der Waals surface area (Å²) in [6.45, 7) is 0. The number of benzene rings is 1. The predicted octanol–water partition coefficient (Wildman–Crippen LogP) is 3.66. The molecule has 2 rings (SSSR count). The van der Waals surface area contributed by atoms with E-state index in [4.69, 9.17) is 22.6 Å². The van der Waals surface area contributed by atoms with E-state index in [1.807, 2.05) is 6.07 Å². The van der Waals surface area contributed by atoms with Crippen molar-refractivity contribution in [3.8, 4) is 16.5 Å². The maximum absolute atomic E-state index is 13.6. The number of hydrogen-bond acceptors (Lipinski definition) is 3. The Bertz CT molecular complexity index is 586. The molecule has 0 aliphatic carbocycles. The van der Waals surface area contributed by atoms with Crippen molar-refractivity contribution < 1.29 is 4.39 Å². The Morgan fingerprint density at radius 1 is 1.38 bits per heavy atom. The molecule has 1 heterocycles. The summed E-state index contributed by atoms with van der Waals surface area (Å²) in [7, 11) is 0. The molecule has 0 saturated carbocycles. The SMILES string of the molecule is N#Cc1sc(-c2ccc(Cl)cc2F)cc1N. The number of nitrogens with two attached hydrogens (primary N) is 1. The summed E-state index contributed by atoms with van der Waals surface area (Å²) in [5, 5.41) is 9.10. The van der Waals surface area contributed by atoms with Gasteiger partial charge >= 0.3 is 0 Å². The molecule has 0 unspecified atom stereocenters. The van der Waals surface area contributed by atoms with E-state index in [9.17, 15) is 4.39 Å². The van der Waals surface area contributed by atoms with Gasteiger partial charge in [-0.2, -0.15) is 5.26 Å². The van der Waals surface area contributed by atoms with Crippen LogP contribution in [0.3, 0.4) is 0 Å². The topological polar surface area (TPSA) is 49.8 Å². The van der Waals surface area contributed by atoms with E-state index >= 15 is 0 Å². The highest BCUT2D eigenvalue weighted by Gasteiger charge is 2.11. The standard InChI is InChI=1S/C11H6ClFN2S/c12-6-1-2-7(8(13)3-6)10-4-9(15)11(5-14)16-10/h1-4H,15H2. The summed E-state index contributed by atoms with van der Waals surface area (Å²) in [4.78, 5) is 1.02. The summed E-state index contributed by atoms with van der Waals surface area (Å²) < 4.78 is 13.6. The van der Waals surface area contributed by atoms with Crippen LogP contribution in [0.5, 0.6) is 0 Å². The van der Waals surface area contributed by atoms with Crippen molar-refractivity contribution in [2.45, 2.75) is 0 Å². The summed E-state index contributed by atoms with van der Waals surface area (Å²) in [5.41, 5.74) is 6.39. The zero-order valence-electron chi connectivity index (χ0n) is 8.00. The highest BCUT2D eigenvalue weighted by atomic mass is 35.5. The second-order valence-electron chi connectivity index (χ2n) is 3.13. The molecule has 1 aromatic carbocycles. The third-order valence-corrected chi connectivity index (χ3v) is 3.38. The van der Waals surface area contributed by atoms with Crippen LogP contribution < -0.4 is 5.73 Å². The van der Waals surface area contributed by atoms with E-state index in [-0.39, 0.29) is 0 Å². The lowest BCUT2D eigenvalue weighted by molar-refractivity contribution is 0.632. The van der Waals surface area contributed by atoms with Crippen molar-refractivity contribution in [2.24, 2.45) is 0 Å². The molecule has 2 N–H and O–H groups in total. The average molecular weight is 253 g/mol. The number of halogens is 2. The Kier molecular flexibility index (Phi) is 2.82. The lowest BCUT2D eigenvalue weighted by Crippen LogP contribution is -1.82. The summed E-state index contributed by atoms with van der Waals surface area (Å²) in [6, 6.07) is 7.96. The van der Waals surface area contributed by atoms with Gasteiger partial charge in [-0.15, -0.1) is 11.3 Å². The van der Waals surface area contributed by atoms with Crippen LogP contribution in [-0.2, 0) is 0 Å². The van der Waals surface area contributed by atoms with Gasteiger partial charge in [0, 0.05) is 15.5 Å². The van der Waals surface area contributed by atoms with E-state index in [0.29, 0.717) is 26.0 Å². The van der Waals surface area contributed by atoms with Crippen molar-refractivity contribution in [1.29, 1.82) is 5.26 Å². The average Bonchev–Trinajstić information content (AvgIpc) is 2.59. The van der Waals surface area contributed by atoms with Crippen molar-refractivity contribution in [3.05, 3.63) is 40.0 Å². The molecule has 0 aliphatic rings. The highest BCUT2D eigenvalue weighted by Crippen LogP contribution is 2.34. The van der Waals surface area contributed by atoms with E-state index < -0.39 is 5.82 Å². The quantitative estimate of drug-likeness (QED) is 0.842. The molecular formula is C11H6ClFN2S. The fourth-order valence-corrected chi connectivity index (χ4v) is 2.38. The van der Waals surface area contributed by atoms with Gasteiger partial charge in [-0.3, -0.25) is 0 Å². The third kappa shape index (κ3) is 1.87. The number of rotatable bonds is 1. The third-order valence-electron chi connectivity index (χ3n) is 2.06. The van der Waals surface area contributed by atoms with E-state index in [0.717, 1.165) is 11.3 Å². The predicted molar refractivity (Wildman–Crippen MR) is 63.9 cm³/mol. The largest absolute Gasteiger partial charge is 0.397 e. The van der Waals surface area contributed by atoms with Crippen molar-refractivity contribution >= 4 is 28.6 Å². The minimum Gasteiger partial charge on any atom is -0.397 e. The minimum atomic E-state index is -0.418. The fraction of sp³-hybridized carbons (Fsp3) is 0. The lowest BCUT2D eigenvalue weighted by Gasteiger charge is -1.99. The number of anilines is 1. The summed E-state index contributed by atoms with van der Waals surface area (Å²) >= 11 is 6.82. The fourth-order valence-electron chi connectivity index (χ4n) is 1.31. The van der Waals surface area contributed by atoms with Gasteiger partial charge < -0.3 is 5.73 Å². The van der Waals surface area contributed by atoms with Gasteiger partial charge in [0.05, 0.1) is 5.69 Å². The first kappa shape index (κ1) is 10.9. The maximum Gasteiger partial charge on any atom is 0.133 e. The Balaban J connectivity index is 2.55. The molecule has 1 aromatic heterocycles. The van der Waals surface area contributed by atoms with Crippen LogP contribution in [0.15, 0.2) is 24.3 Å². The van der Waals surface area contributed by atoms with Crippen LogP contribution in [0.4, 0.5) is 10.1 Å². The molecule has 5 heteroatoms. The first-order chi connectivity index (χ1) is 7.61. The monoisotopic (exact) mass is 252 g/mol. The Morgan fingerprint density at radius 2 is 2.12 bits per heavy atom. The zero-order chi connectivity index (χ0) is 11.7. The molecule has 2 aromatic rings. The number of nitrogens with zero attached hydrogens (tertiary/aromatic N) is 1. The number of hydrogen-bond donors (Lipinski definition) is 1. The molecule has 80 valence electrons. The van der Waals surface area contributed by atoms with Crippen molar-refractivity contribution in [3.63, 3.8) is 0 Å². The minimum absolute atomic E-state index is 0.339. The number of nitrogen functional groups attached to an aromatic ring is 1. The van der Waals surface area contributed by atoms with Gasteiger partial charge in [-0.1, -0.05) is 11.6 Å². The molecule has 0 amide bonds. The summed E-state index contributed by atoms with van der Waals surface area (Å²) in [6.07, 6.45) is 0. The normalized spacial score (nSPS) is 10.1. The second kappa shape index (κ2) is 4.12. The first-order valence-corrected chi connectivity index (χ1v) is 5.56. The maximum atomic E-state index is 13.6. The van der Waals surface area contributed by atoms with Crippen LogP contribution in [0.1, 0.15) is 4.88 Å². The van der Waals surface area contributed by atoms with Crippen molar-refractivity contribution in [1.82, 2.24) is 0 Å². The smallest absolute Gasteiger partial charge is 0.133 e. The van der Waals surface area contributed by atoms with Gasteiger partial charge in [0.2, 0.25) is 0 Å². The first-order valence-electron chi connectivity index (χ1n) is 4.36. The molecule has 16 heavy (non-hydrogen) atoms. The molecule has 0 radical (unpaired) electrons. The molecule has 0 bridgehead atoms. The van der Waals surface area contributed by atoms with Crippen LogP contribution in [0.2, 0.25) is 5.02 Å². The molecule has 0 atom stereocenters. The number of thiophene rings is 1. The van der Waals surface area contributed by atoms with E-state index in [1.54, 1.807) is 18.2 Å². The molecule has 0 aliphatic heterocycles. The van der Waals surface area contributed by atoms with Gasteiger partial charge in [0.1, 0.15) is 16.8 Å². The molecule has 0 fully saturated rings. The van der Waals surface area contributed by atoms with Crippen LogP contribution in [0.25, 0.3) is 10.4 Å². The molecular weight excluding hydrogens is 247 g/mol. The Morgan fingerprint density at radius 3 is 2.69 bits per heavy atom. The molecule has 0 saturated heterocycles. The van der Waals surface area contributed by atoms with Crippen LogP contribution >= 0.6 is 22.9 Å². The Labute approximate surface area is 101 Å². The zero-order valence-corrected chi connectivity index (χ0v) is 9.57. The molecule has 0 spiro atoms. The van der Waals surface area contributed by atoms with Gasteiger partial charge in [0.15, 0.2) is 0 Å². The van der Waals surface area contributed by atoms with Crippen molar-refractivity contribution in [2.75, 3.05) is 5.73 Å². The van der Waals surface area contributed by atoms with Gasteiger partial charge in [-0.25, -0.2) is 4.39 Å². The Hall–Kier alpha value is -1.57. The number of nitriles is 1. The van der Waals surface area contributed by atoms with Gasteiger partial charge in [0.25, 0.3) is 0 Å². The van der Waals surface area contributed by atoms with Crippen LogP contribution in [0, 0.1) is 17.1 Å². The van der Waals surface area contributed by atoms with E-state index in [1.165, 1.54) is 6.07 Å². The molecule has 2 nitrogen and oxygen atoms in total. The lowest BCUT2D eigenvalue weighted by atomic mass is 10.2. The second-order valence-corrected chi connectivity index (χ2v) is 4.62. The summed E-state index contributed by atoms with van der Waals surface area (Å²) in [5.74, 6) is -0.418.